The highest BCUT2D eigenvalue weighted by Gasteiger charge is 2.14. The van der Waals surface area contributed by atoms with E-state index < -0.39 is 0 Å². The fraction of sp³-hybridized carbons (Fsp3) is 0.111. The van der Waals surface area contributed by atoms with Gasteiger partial charge in [-0.2, -0.15) is 0 Å². The summed E-state index contributed by atoms with van der Waals surface area (Å²) >= 11 is 0. The number of esters is 1. The van der Waals surface area contributed by atoms with Gasteiger partial charge >= 0.3 is 5.97 Å². The van der Waals surface area contributed by atoms with E-state index in [-0.39, 0.29) is 24.1 Å². The summed E-state index contributed by atoms with van der Waals surface area (Å²) < 4.78 is 4.76. The van der Waals surface area contributed by atoms with Crippen LogP contribution in [0.1, 0.15) is 27.9 Å². The molecule has 0 atom stereocenters. The highest BCUT2D eigenvalue weighted by atomic mass is 16.5. The smallest absolute Gasteiger partial charge is 0.305 e. The van der Waals surface area contributed by atoms with Crippen LogP contribution in [0.5, 0.6) is 0 Å². The van der Waals surface area contributed by atoms with E-state index in [2.05, 4.69) is 10.3 Å². The van der Waals surface area contributed by atoms with Gasteiger partial charge in [-0.1, -0.05) is 54.6 Å². The van der Waals surface area contributed by atoms with Crippen molar-refractivity contribution in [1.29, 1.82) is 5.41 Å². The van der Waals surface area contributed by atoms with Gasteiger partial charge in [0.15, 0.2) is 0 Å². The van der Waals surface area contributed by atoms with Crippen LogP contribution in [0.2, 0.25) is 0 Å². The van der Waals surface area contributed by atoms with Crippen molar-refractivity contribution in [3.8, 4) is 22.6 Å². The molecule has 0 fully saturated rings. The highest BCUT2D eigenvalue weighted by molar-refractivity contribution is 6.05. The number of imidazole rings is 1. The van der Waals surface area contributed by atoms with Crippen molar-refractivity contribution in [1.82, 2.24) is 9.97 Å². The summed E-state index contributed by atoms with van der Waals surface area (Å²) in [7, 11) is 1.35. The van der Waals surface area contributed by atoms with Gasteiger partial charge in [0, 0.05) is 40.6 Å². The first kappa shape index (κ1) is 23.4. The maximum atomic E-state index is 12.8. The van der Waals surface area contributed by atoms with Crippen molar-refractivity contribution in [3.63, 3.8) is 0 Å². The van der Waals surface area contributed by atoms with Crippen molar-refractivity contribution in [2.75, 3.05) is 12.4 Å². The van der Waals surface area contributed by atoms with Crippen molar-refractivity contribution in [2.24, 2.45) is 5.73 Å². The minimum atomic E-state index is -0.319. The minimum absolute atomic E-state index is 0.0108. The van der Waals surface area contributed by atoms with Crippen molar-refractivity contribution < 1.29 is 14.3 Å². The van der Waals surface area contributed by atoms with E-state index in [4.69, 9.17) is 20.9 Å². The number of nitrogens with zero attached hydrogens (tertiary/aromatic N) is 1. The molecule has 1 amide bonds. The Kier molecular flexibility index (Phi) is 7.02. The van der Waals surface area contributed by atoms with Crippen molar-refractivity contribution >= 4 is 23.4 Å². The van der Waals surface area contributed by atoms with E-state index in [0.29, 0.717) is 29.1 Å². The Morgan fingerprint density at radius 3 is 2.40 bits per heavy atom. The van der Waals surface area contributed by atoms with E-state index >= 15 is 0 Å². The van der Waals surface area contributed by atoms with E-state index in [1.165, 1.54) is 7.11 Å². The van der Waals surface area contributed by atoms with E-state index in [1.54, 1.807) is 42.6 Å². The normalized spacial score (nSPS) is 10.5. The first-order valence-electron chi connectivity index (χ1n) is 11.0. The molecule has 4 rings (SSSR count). The number of carbonyl (C=O) groups excluding carboxylic acids is 2. The summed E-state index contributed by atoms with van der Waals surface area (Å²) in [5.74, 6) is 0.0793. The molecule has 1 aromatic heterocycles. The van der Waals surface area contributed by atoms with Crippen LogP contribution in [-0.4, -0.2) is 34.8 Å². The quantitative estimate of drug-likeness (QED) is 0.173. The van der Waals surface area contributed by atoms with Gasteiger partial charge in [0.25, 0.3) is 5.91 Å². The molecule has 0 spiro atoms. The third-order valence-corrected chi connectivity index (χ3v) is 5.56. The van der Waals surface area contributed by atoms with Gasteiger partial charge in [-0.05, 0) is 30.2 Å². The number of hydrogen-bond donors (Lipinski definition) is 4. The summed E-state index contributed by atoms with van der Waals surface area (Å²) in [5.41, 5.74) is 10.5. The number of aromatic amines is 1. The summed E-state index contributed by atoms with van der Waals surface area (Å²) in [5, 5.41) is 10.5. The zero-order valence-electron chi connectivity index (χ0n) is 19.2. The zero-order chi connectivity index (χ0) is 24.8. The third kappa shape index (κ3) is 5.62. The topological polar surface area (TPSA) is 134 Å². The summed E-state index contributed by atoms with van der Waals surface area (Å²) in [6, 6.07) is 21.8. The molecule has 1 heterocycles. The van der Waals surface area contributed by atoms with Crippen molar-refractivity contribution in [2.45, 2.75) is 12.8 Å². The van der Waals surface area contributed by atoms with E-state index in [9.17, 15) is 9.59 Å². The van der Waals surface area contributed by atoms with E-state index in [0.717, 1.165) is 22.4 Å². The average molecular weight is 468 g/mol. The molecule has 0 aliphatic rings. The fourth-order valence-electron chi connectivity index (χ4n) is 3.62. The number of H-pyrrole nitrogens is 1. The van der Waals surface area contributed by atoms with Crippen LogP contribution >= 0.6 is 0 Å². The highest BCUT2D eigenvalue weighted by Crippen LogP contribution is 2.28. The number of nitrogens with two attached hydrogens (primary N) is 1. The monoisotopic (exact) mass is 467 g/mol. The molecule has 176 valence electrons. The Morgan fingerprint density at radius 2 is 1.71 bits per heavy atom. The molecular weight excluding hydrogens is 442 g/mol. The number of ether oxygens (including phenoxy) is 1. The van der Waals surface area contributed by atoms with Gasteiger partial charge in [0.2, 0.25) is 0 Å². The number of methoxy groups -OCH3 is 1. The maximum Gasteiger partial charge on any atom is 0.305 e. The fourth-order valence-corrected chi connectivity index (χ4v) is 3.62. The molecule has 4 aromatic rings. The molecule has 0 aliphatic carbocycles. The van der Waals surface area contributed by atoms with Crippen LogP contribution in [0, 0.1) is 5.41 Å². The number of amidine groups is 1. The molecule has 0 unspecified atom stereocenters. The Labute approximate surface area is 202 Å². The summed E-state index contributed by atoms with van der Waals surface area (Å²) in [6.07, 6.45) is 2.42. The summed E-state index contributed by atoms with van der Waals surface area (Å²) in [4.78, 5) is 32.4. The molecule has 35 heavy (non-hydrogen) atoms. The molecule has 0 bridgehead atoms. The number of benzene rings is 3. The molecule has 8 nitrogen and oxygen atoms in total. The predicted octanol–water partition coefficient (Wildman–Crippen LogP) is 4.39. The Hall–Kier alpha value is -4.72. The molecule has 0 radical (unpaired) electrons. The van der Waals surface area contributed by atoms with Crippen LogP contribution in [0.15, 0.2) is 79.0 Å². The van der Waals surface area contributed by atoms with Gasteiger partial charge in [-0.3, -0.25) is 15.0 Å². The molecule has 0 aliphatic heterocycles. The van der Waals surface area contributed by atoms with Crippen LogP contribution in [0.3, 0.4) is 0 Å². The van der Waals surface area contributed by atoms with E-state index in [1.807, 2.05) is 36.4 Å². The van der Waals surface area contributed by atoms with Crippen LogP contribution in [-0.2, 0) is 16.0 Å². The second-order valence-corrected chi connectivity index (χ2v) is 7.89. The lowest BCUT2D eigenvalue weighted by atomic mass is 10.0. The predicted molar refractivity (Wildman–Crippen MR) is 135 cm³/mol. The largest absolute Gasteiger partial charge is 0.469 e. The molecular formula is C27H25N5O3. The lowest BCUT2D eigenvalue weighted by Crippen LogP contribution is -2.14. The molecule has 5 N–H and O–H groups in total. The average Bonchev–Trinajstić information content (AvgIpc) is 3.38. The number of carbonyl (C=O) groups is 2. The second-order valence-electron chi connectivity index (χ2n) is 7.89. The van der Waals surface area contributed by atoms with Gasteiger partial charge < -0.3 is 20.8 Å². The lowest BCUT2D eigenvalue weighted by Gasteiger charge is -2.13. The SMILES string of the molecule is COC(=O)CCc1ccc(-c2nc(-c3ccc(C(=N)N)cc3)c[nH]2)cc1NC(=O)c1ccccc1. The van der Waals surface area contributed by atoms with Gasteiger partial charge in [0.1, 0.15) is 11.7 Å². The number of anilines is 1. The Bertz CT molecular complexity index is 1360. The maximum absolute atomic E-state index is 12.8. The molecule has 0 saturated carbocycles. The first-order valence-corrected chi connectivity index (χ1v) is 11.0. The standard InChI is InChI=1S/C27H25N5O3/c1-35-24(33)14-13-17-9-12-21(15-22(17)32-27(34)20-5-3-2-4-6-20)26-30-16-23(31-26)18-7-10-19(11-8-18)25(28)29/h2-12,15-16H,13-14H2,1H3,(H3,28,29)(H,30,31)(H,32,34). The number of amides is 1. The van der Waals surface area contributed by atoms with Crippen LogP contribution in [0.25, 0.3) is 22.6 Å². The van der Waals surface area contributed by atoms with Crippen molar-refractivity contribution in [3.05, 3.63) is 95.7 Å². The molecule has 0 saturated heterocycles. The first-order chi connectivity index (χ1) is 16.9. The van der Waals surface area contributed by atoms with Gasteiger partial charge in [0.05, 0.1) is 12.8 Å². The lowest BCUT2D eigenvalue weighted by molar-refractivity contribution is -0.140. The number of nitrogen functional groups attached to an aromatic ring is 1. The van der Waals surface area contributed by atoms with Crippen LogP contribution in [0.4, 0.5) is 5.69 Å². The number of rotatable bonds is 8. The number of aromatic nitrogens is 2. The second kappa shape index (κ2) is 10.5. The third-order valence-electron chi connectivity index (χ3n) is 5.56. The van der Waals surface area contributed by atoms with Gasteiger partial charge in [-0.25, -0.2) is 4.98 Å². The Balaban J connectivity index is 1.62. The number of aryl methyl sites for hydroxylation is 1. The zero-order valence-corrected chi connectivity index (χ0v) is 19.2. The van der Waals surface area contributed by atoms with Gasteiger partial charge in [-0.15, -0.1) is 0 Å². The number of nitrogens with one attached hydrogen (secondary N) is 3. The minimum Gasteiger partial charge on any atom is -0.469 e. The number of hydrogen-bond acceptors (Lipinski definition) is 5. The molecule has 3 aromatic carbocycles. The Morgan fingerprint density at radius 1 is 1.00 bits per heavy atom. The summed E-state index contributed by atoms with van der Waals surface area (Å²) in [6.45, 7) is 0. The van der Waals surface area contributed by atoms with Crippen LogP contribution < -0.4 is 11.1 Å². The molecule has 8 heteroatoms.